The van der Waals surface area contributed by atoms with Crippen molar-refractivity contribution in [3.05, 3.63) is 96.1 Å². The first-order chi connectivity index (χ1) is 17.0. The van der Waals surface area contributed by atoms with Crippen molar-refractivity contribution in [3.63, 3.8) is 0 Å². The number of piperidine rings is 3. The molecule has 2 atom stereocenters. The molecule has 6 nitrogen and oxygen atoms in total. The molecule has 36 heavy (non-hydrogen) atoms. The SMILES string of the molecule is O=C(C[N+]12CCC(CC1)[C@@H](OC(=O)C(Nc1ccccc1)c1ccccc1)C2)c1ccc(O)cc1.[Br-]. The number of hydrogen-bond donors (Lipinski definition) is 2. The van der Waals surface area contributed by atoms with Gasteiger partial charge in [-0.2, -0.15) is 0 Å². The number of benzene rings is 3. The number of hydrogen-bond acceptors (Lipinski definition) is 5. The highest BCUT2D eigenvalue weighted by Crippen LogP contribution is 2.37. The van der Waals surface area contributed by atoms with Crippen molar-refractivity contribution < 1.29 is 40.9 Å². The van der Waals surface area contributed by atoms with E-state index in [1.165, 1.54) is 0 Å². The Morgan fingerprint density at radius 2 is 1.53 bits per heavy atom. The lowest BCUT2D eigenvalue weighted by atomic mass is 9.82. The fraction of sp³-hybridized carbons (Fsp3) is 0.310. The molecule has 3 heterocycles. The summed E-state index contributed by atoms with van der Waals surface area (Å²) in [6.45, 7) is 2.89. The van der Waals surface area contributed by atoms with Crippen LogP contribution in [0, 0.1) is 5.92 Å². The van der Waals surface area contributed by atoms with E-state index in [9.17, 15) is 14.7 Å². The van der Waals surface area contributed by atoms with E-state index in [1.54, 1.807) is 24.3 Å². The van der Waals surface area contributed by atoms with Crippen LogP contribution >= 0.6 is 0 Å². The van der Waals surface area contributed by atoms with E-state index in [-0.39, 0.29) is 40.6 Å². The molecule has 0 saturated carbocycles. The van der Waals surface area contributed by atoms with Crippen molar-refractivity contribution in [2.24, 2.45) is 5.92 Å². The Bertz CT molecular complexity index is 1160. The number of esters is 1. The number of fused-ring (bicyclic) bond motifs is 3. The topological polar surface area (TPSA) is 75.6 Å². The molecule has 3 aliphatic heterocycles. The minimum Gasteiger partial charge on any atom is -1.00 e. The normalized spacial score (nSPS) is 23.2. The number of nitrogens with one attached hydrogen (secondary N) is 1. The van der Waals surface area contributed by atoms with Gasteiger partial charge in [-0.05, 0) is 42.0 Å². The highest BCUT2D eigenvalue weighted by atomic mass is 79.9. The number of phenols is 1. The van der Waals surface area contributed by atoms with Crippen LogP contribution in [-0.4, -0.2) is 53.6 Å². The van der Waals surface area contributed by atoms with Crippen LogP contribution < -0.4 is 22.3 Å². The van der Waals surface area contributed by atoms with Gasteiger partial charge in [0, 0.05) is 30.0 Å². The van der Waals surface area contributed by atoms with Crippen LogP contribution in [0.3, 0.4) is 0 Å². The van der Waals surface area contributed by atoms with Gasteiger partial charge < -0.3 is 36.6 Å². The predicted molar refractivity (Wildman–Crippen MR) is 134 cm³/mol. The lowest BCUT2D eigenvalue weighted by molar-refractivity contribution is -0.938. The van der Waals surface area contributed by atoms with E-state index in [4.69, 9.17) is 4.74 Å². The third-order valence-corrected chi connectivity index (χ3v) is 7.43. The van der Waals surface area contributed by atoms with E-state index in [0.29, 0.717) is 29.1 Å². The molecule has 3 fully saturated rings. The molecule has 6 rings (SSSR count). The van der Waals surface area contributed by atoms with Gasteiger partial charge in [-0.15, -0.1) is 0 Å². The van der Waals surface area contributed by atoms with Crippen molar-refractivity contribution in [1.82, 2.24) is 0 Å². The number of ether oxygens (including phenoxy) is 1. The molecule has 1 unspecified atom stereocenters. The fourth-order valence-electron chi connectivity index (χ4n) is 5.46. The molecule has 2 bridgehead atoms. The first-order valence-electron chi connectivity index (χ1n) is 12.3. The van der Waals surface area contributed by atoms with Crippen molar-refractivity contribution in [1.29, 1.82) is 0 Å². The first kappa shape index (κ1) is 25.9. The summed E-state index contributed by atoms with van der Waals surface area (Å²) in [7, 11) is 0. The van der Waals surface area contributed by atoms with Gasteiger partial charge in [-0.1, -0.05) is 48.5 Å². The quantitative estimate of drug-likeness (QED) is 0.253. The number of anilines is 1. The number of ketones is 1. The Labute approximate surface area is 222 Å². The van der Waals surface area contributed by atoms with Crippen molar-refractivity contribution >= 4 is 17.4 Å². The molecule has 0 radical (unpaired) electrons. The largest absolute Gasteiger partial charge is 1.00 e. The summed E-state index contributed by atoms with van der Waals surface area (Å²) in [6.07, 6.45) is 1.69. The lowest BCUT2D eigenvalue weighted by Crippen LogP contribution is -3.00. The second-order valence-electron chi connectivity index (χ2n) is 9.77. The fourth-order valence-corrected chi connectivity index (χ4v) is 5.46. The third kappa shape index (κ3) is 5.79. The molecular weight excluding hydrogens is 520 g/mol. The highest BCUT2D eigenvalue weighted by molar-refractivity contribution is 5.97. The number of rotatable bonds is 8. The van der Waals surface area contributed by atoms with Crippen LogP contribution in [-0.2, 0) is 9.53 Å². The Morgan fingerprint density at radius 3 is 2.17 bits per heavy atom. The molecule has 0 aromatic heterocycles. The van der Waals surface area contributed by atoms with Gasteiger partial charge in [0.2, 0.25) is 5.78 Å². The molecule has 0 spiro atoms. The zero-order valence-corrected chi connectivity index (χ0v) is 21.6. The third-order valence-electron chi connectivity index (χ3n) is 7.43. The van der Waals surface area contributed by atoms with Gasteiger partial charge in [-0.3, -0.25) is 4.79 Å². The number of Topliss-reactive ketones (excluding diaryl/α,β-unsaturated/α-hetero) is 1. The van der Waals surface area contributed by atoms with E-state index >= 15 is 0 Å². The average Bonchev–Trinajstić information content (AvgIpc) is 2.89. The van der Waals surface area contributed by atoms with Gasteiger partial charge in [0.25, 0.3) is 0 Å². The minimum atomic E-state index is -0.610. The predicted octanol–water partition coefficient (Wildman–Crippen LogP) is 1.58. The Hall–Kier alpha value is -3.16. The number of phenolic OH excluding ortho intramolecular Hbond substituents is 1. The average molecular weight is 551 g/mol. The molecule has 3 aliphatic rings. The van der Waals surface area contributed by atoms with Gasteiger partial charge in [-0.25, -0.2) is 4.79 Å². The first-order valence-corrected chi connectivity index (χ1v) is 12.3. The number of halogens is 1. The Balaban J connectivity index is 0.00000304. The lowest BCUT2D eigenvalue weighted by Gasteiger charge is -2.51. The summed E-state index contributed by atoms with van der Waals surface area (Å²) < 4.78 is 6.83. The van der Waals surface area contributed by atoms with Gasteiger partial charge in [0.15, 0.2) is 12.1 Å². The smallest absolute Gasteiger partial charge is 0.333 e. The molecular formula is C29H31BrN2O4. The Morgan fingerprint density at radius 1 is 0.917 bits per heavy atom. The molecule has 0 amide bonds. The number of quaternary nitrogens is 1. The van der Waals surface area contributed by atoms with Gasteiger partial charge >= 0.3 is 5.97 Å². The summed E-state index contributed by atoms with van der Waals surface area (Å²) >= 11 is 0. The van der Waals surface area contributed by atoms with Gasteiger partial charge in [0.1, 0.15) is 18.8 Å². The molecule has 7 heteroatoms. The minimum absolute atomic E-state index is 0. The van der Waals surface area contributed by atoms with Crippen LogP contribution in [0.4, 0.5) is 5.69 Å². The number of para-hydroxylation sites is 1. The standard InChI is InChI=1S/C29H30N2O4.BrH/c32-25-13-11-21(12-14-25)26(33)19-31-17-15-22(16-18-31)27(20-31)35-29(34)28(23-7-3-1-4-8-23)30-24-9-5-2-6-10-24;/h1-14,22,27-28,30H,15-20H2;1H/t22?,27-,28?,31?;/m0./s1. The molecule has 2 N–H and O–H groups in total. The van der Waals surface area contributed by atoms with E-state index in [2.05, 4.69) is 5.32 Å². The maximum atomic E-state index is 13.5. The molecule has 188 valence electrons. The second kappa shape index (κ2) is 11.3. The van der Waals surface area contributed by atoms with Crippen molar-refractivity contribution in [2.75, 3.05) is 31.5 Å². The Kier molecular flexibility index (Phi) is 8.11. The number of nitrogens with zero attached hydrogens (tertiary/aromatic N) is 1. The van der Waals surface area contributed by atoms with Crippen LogP contribution in [0.15, 0.2) is 84.9 Å². The summed E-state index contributed by atoms with van der Waals surface area (Å²) in [5, 5.41) is 12.9. The van der Waals surface area contributed by atoms with Gasteiger partial charge in [0.05, 0.1) is 13.1 Å². The monoisotopic (exact) mass is 550 g/mol. The van der Waals surface area contributed by atoms with Crippen LogP contribution in [0.1, 0.15) is 34.8 Å². The van der Waals surface area contributed by atoms with E-state index in [0.717, 1.165) is 37.2 Å². The highest BCUT2D eigenvalue weighted by Gasteiger charge is 2.49. The molecule has 3 saturated heterocycles. The maximum Gasteiger partial charge on any atom is 0.333 e. The molecule has 3 aromatic carbocycles. The summed E-state index contributed by atoms with van der Waals surface area (Å²) in [5.41, 5.74) is 2.32. The summed E-state index contributed by atoms with van der Waals surface area (Å²) in [6, 6.07) is 25.1. The second-order valence-corrected chi connectivity index (χ2v) is 9.77. The summed E-state index contributed by atoms with van der Waals surface area (Å²) in [5.74, 6) is 0.248. The van der Waals surface area contributed by atoms with Crippen LogP contribution in [0.2, 0.25) is 0 Å². The van der Waals surface area contributed by atoms with Crippen LogP contribution in [0.5, 0.6) is 5.75 Å². The molecule has 0 aliphatic carbocycles. The number of aromatic hydroxyl groups is 1. The number of carbonyl (C=O) groups is 2. The van der Waals surface area contributed by atoms with E-state index in [1.807, 2.05) is 60.7 Å². The van der Waals surface area contributed by atoms with E-state index < -0.39 is 6.04 Å². The molecule has 3 aromatic rings. The zero-order valence-electron chi connectivity index (χ0n) is 20.1. The number of carbonyl (C=O) groups excluding carboxylic acids is 2. The summed E-state index contributed by atoms with van der Waals surface area (Å²) in [4.78, 5) is 26.5. The van der Waals surface area contributed by atoms with Crippen LogP contribution in [0.25, 0.3) is 0 Å². The zero-order chi connectivity index (χ0) is 24.3. The van der Waals surface area contributed by atoms with Crippen molar-refractivity contribution in [2.45, 2.75) is 25.0 Å². The van der Waals surface area contributed by atoms with Crippen molar-refractivity contribution in [3.8, 4) is 5.75 Å². The maximum absolute atomic E-state index is 13.5.